The number of hydrogen-bond donors (Lipinski definition) is 1. The van der Waals surface area contributed by atoms with Gasteiger partial charge >= 0.3 is 12.0 Å². The molecule has 0 aliphatic heterocycles. The van der Waals surface area contributed by atoms with Crippen LogP contribution in [-0.2, 0) is 9.53 Å². The smallest absolute Gasteiger partial charge is 0.344 e. The van der Waals surface area contributed by atoms with E-state index in [-0.39, 0.29) is 25.0 Å². The molecule has 2 heterocycles. The molecule has 0 saturated heterocycles. The van der Waals surface area contributed by atoms with Gasteiger partial charge in [-0.25, -0.2) is 4.79 Å². The van der Waals surface area contributed by atoms with Crippen LogP contribution in [-0.4, -0.2) is 44.3 Å². The Morgan fingerprint density at radius 3 is 3.00 bits per heavy atom. The lowest BCUT2D eigenvalue weighted by molar-refractivity contribution is -0.145. The Kier molecular flexibility index (Phi) is 3.91. The van der Waals surface area contributed by atoms with E-state index in [9.17, 15) is 10.0 Å². The Morgan fingerprint density at radius 2 is 2.32 bits per heavy atom. The number of pyridine rings is 1. The molecular weight excluding hydrogens is 252 g/mol. The molecule has 0 aromatic carbocycles. The van der Waals surface area contributed by atoms with Gasteiger partial charge in [0.25, 0.3) is 0 Å². The van der Waals surface area contributed by atoms with E-state index in [1.165, 1.54) is 0 Å². The van der Waals surface area contributed by atoms with Gasteiger partial charge in [0.05, 0.1) is 6.61 Å². The highest BCUT2D eigenvalue weighted by atomic mass is 16.6. The van der Waals surface area contributed by atoms with Crippen molar-refractivity contribution in [2.75, 3.05) is 13.2 Å². The van der Waals surface area contributed by atoms with Gasteiger partial charge in [0.1, 0.15) is 5.69 Å². The van der Waals surface area contributed by atoms with E-state index >= 15 is 0 Å². The normalized spacial score (nSPS) is 10.2. The van der Waals surface area contributed by atoms with Gasteiger partial charge in [-0.2, -0.15) is 4.98 Å². The lowest BCUT2D eigenvalue weighted by atomic mass is 10.3. The van der Waals surface area contributed by atoms with Gasteiger partial charge in [-0.15, -0.1) is 0 Å². The highest BCUT2D eigenvalue weighted by molar-refractivity contribution is 5.70. The molecule has 8 nitrogen and oxygen atoms in total. The summed E-state index contributed by atoms with van der Waals surface area (Å²) in [7, 11) is 0. The number of aromatic nitrogens is 4. The van der Waals surface area contributed by atoms with Gasteiger partial charge in [0, 0.05) is 6.20 Å². The molecule has 2 rings (SSSR count). The Bertz CT molecular complexity index is 555. The predicted molar refractivity (Wildman–Crippen MR) is 62.6 cm³/mol. The first kappa shape index (κ1) is 12.8. The van der Waals surface area contributed by atoms with Gasteiger partial charge in [-0.1, -0.05) is 16.0 Å². The van der Waals surface area contributed by atoms with Crippen molar-refractivity contribution in [2.45, 2.75) is 6.92 Å². The molecule has 0 atom stereocenters. The predicted octanol–water partition coefficient (Wildman–Crippen LogP) is 0.519. The van der Waals surface area contributed by atoms with Crippen LogP contribution in [0.25, 0.3) is 11.5 Å². The van der Waals surface area contributed by atoms with E-state index < -0.39 is 5.97 Å². The maximum absolute atomic E-state index is 11.1. The number of nitrogens with zero attached hydrogens (tertiary/aromatic N) is 4. The molecule has 19 heavy (non-hydrogen) atoms. The maximum Gasteiger partial charge on any atom is 0.344 e. The number of esters is 1. The minimum absolute atomic E-state index is 0.124. The van der Waals surface area contributed by atoms with E-state index in [2.05, 4.69) is 19.8 Å². The summed E-state index contributed by atoms with van der Waals surface area (Å²) in [6.45, 7) is 1.64. The third kappa shape index (κ3) is 3.18. The van der Waals surface area contributed by atoms with Crippen molar-refractivity contribution in [2.24, 2.45) is 0 Å². The lowest BCUT2D eigenvalue weighted by Gasteiger charge is -2.00. The van der Waals surface area contributed by atoms with E-state index in [0.717, 1.165) is 0 Å². The fraction of sp³-hybridized carbons (Fsp3) is 0.273. The molecular formula is C11H12N4O4. The SMILES string of the molecule is CCOC(=O)COc1nc(-c2ccccn2)n(O)n1. The molecule has 0 amide bonds. The van der Waals surface area contributed by atoms with E-state index in [1.54, 1.807) is 31.3 Å². The van der Waals surface area contributed by atoms with Crippen LogP contribution in [0.2, 0.25) is 0 Å². The quantitative estimate of drug-likeness (QED) is 0.620. The largest absolute Gasteiger partial charge is 0.463 e. The van der Waals surface area contributed by atoms with Crippen LogP contribution in [0, 0.1) is 0 Å². The first-order valence-corrected chi connectivity index (χ1v) is 5.57. The van der Waals surface area contributed by atoms with Crippen LogP contribution in [0.3, 0.4) is 0 Å². The number of hydrogen-bond acceptors (Lipinski definition) is 7. The zero-order valence-corrected chi connectivity index (χ0v) is 10.2. The van der Waals surface area contributed by atoms with Crippen LogP contribution in [0.15, 0.2) is 24.4 Å². The second-order valence-corrected chi connectivity index (χ2v) is 3.42. The molecule has 0 spiro atoms. The first-order valence-electron chi connectivity index (χ1n) is 5.57. The molecule has 0 saturated carbocycles. The third-order valence-electron chi connectivity index (χ3n) is 2.09. The van der Waals surface area contributed by atoms with E-state index in [4.69, 9.17) is 4.74 Å². The highest BCUT2D eigenvalue weighted by Crippen LogP contribution is 2.15. The van der Waals surface area contributed by atoms with Crippen molar-refractivity contribution in [3.05, 3.63) is 24.4 Å². The number of carbonyl (C=O) groups excluding carboxylic acids is 1. The van der Waals surface area contributed by atoms with Gasteiger partial charge in [0.2, 0.25) is 5.82 Å². The van der Waals surface area contributed by atoms with Gasteiger partial charge < -0.3 is 14.7 Å². The molecule has 0 fully saturated rings. The maximum atomic E-state index is 11.1. The van der Waals surface area contributed by atoms with Gasteiger partial charge in [0.15, 0.2) is 6.61 Å². The molecule has 0 unspecified atom stereocenters. The fourth-order valence-corrected chi connectivity index (χ4v) is 1.33. The van der Waals surface area contributed by atoms with Crippen LogP contribution >= 0.6 is 0 Å². The van der Waals surface area contributed by atoms with Crippen molar-refractivity contribution >= 4 is 5.97 Å². The average Bonchev–Trinajstić information content (AvgIpc) is 2.79. The summed E-state index contributed by atoms with van der Waals surface area (Å²) < 4.78 is 9.68. The summed E-state index contributed by atoms with van der Waals surface area (Å²) in [5, 5.41) is 13.2. The Balaban J connectivity index is 2.07. The van der Waals surface area contributed by atoms with Gasteiger partial charge in [-0.3, -0.25) is 4.98 Å². The number of ether oxygens (including phenoxy) is 2. The minimum Gasteiger partial charge on any atom is -0.463 e. The van der Waals surface area contributed by atoms with Gasteiger partial charge in [-0.05, 0) is 19.1 Å². The molecule has 1 N–H and O–H groups in total. The zero-order valence-electron chi connectivity index (χ0n) is 10.2. The molecule has 2 aromatic rings. The number of rotatable bonds is 5. The monoisotopic (exact) mass is 264 g/mol. The average molecular weight is 264 g/mol. The van der Waals surface area contributed by atoms with Crippen LogP contribution in [0.5, 0.6) is 6.01 Å². The second-order valence-electron chi connectivity index (χ2n) is 3.42. The zero-order chi connectivity index (χ0) is 13.7. The van der Waals surface area contributed by atoms with Crippen molar-refractivity contribution in [1.29, 1.82) is 0 Å². The Hall–Kier alpha value is -2.64. The number of carbonyl (C=O) groups is 1. The summed E-state index contributed by atoms with van der Waals surface area (Å²) in [4.78, 5) is 19.6. The first-order chi connectivity index (χ1) is 9.20. The Morgan fingerprint density at radius 1 is 1.47 bits per heavy atom. The highest BCUT2D eigenvalue weighted by Gasteiger charge is 2.14. The Labute approximate surface area is 108 Å². The van der Waals surface area contributed by atoms with Crippen molar-refractivity contribution in [1.82, 2.24) is 19.9 Å². The molecule has 0 radical (unpaired) electrons. The summed E-state index contributed by atoms with van der Waals surface area (Å²) in [5.41, 5.74) is 0.434. The molecule has 0 bridgehead atoms. The summed E-state index contributed by atoms with van der Waals surface area (Å²) in [6, 6.07) is 5.01. The lowest BCUT2D eigenvalue weighted by Crippen LogP contribution is -2.15. The topological polar surface area (TPSA) is 99.4 Å². The third-order valence-corrected chi connectivity index (χ3v) is 2.09. The second kappa shape index (κ2) is 5.80. The molecule has 0 aliphatic carbocycles. The van der Waals surface area contributed by atoms with Crippen LogP contribution in [0.1, 0.15) is 6.92 Å². The molecule has 2 aromatic heterocycles. The van der Waals surface area contributed by atoms with Crippen LogP contribution in [0.4, 0.5) is 0 Å². The summed E-state index contributed by atoms with van der Waals surface area (Å²) in [5.74, 6) is -0.407. The minimum atomic E-state index is -0.531. The van der Waals surface area contributed by atoms with Crippen molar-refractivity contribution in [3.63, 3.8) is 0 Å². The fourth-order valence-electron chi connectivity index (χ4n) is 1.33. The van der Waals surface area contributed by atoms with Crippen molar-refractivity contribution in [3.8, 4) is 17.5 Å². The summed E-state index contributed by atoms with van der Waals surface area (Å²) >= 11 is 0. The molecule has 100 valence electrons. The van der Waals surface area contributed by atoms with Crippen molar-refractivity contribution < 1.29 is 19.5 Å². The standard InChI is InChI=1S/C11H12N4O4/c1-2-18-9(16)7-19-11-13-10(15(17)14-11)8-5-3-4-6-12-8/h3-6,17H,2,7H2,1H3. The van der Waals surface area contributed by atoms with E-state index in [1.807, 2.05) is 0 Å². The summed E-state index contributed by atoms with van der Waals surface area (Å²) in [6.07, 6.45) is 1.56. The molecule has 8 heteroatoms. The van der Waals surface area contributed by atoms with Crippen LogP contribution < -0.4 is 4.74 Å². The molecule has 0 aliphatic rings. The van der Waals surface area contributed by atoms with E-state index in [0.29, 0.717) is 10.5 Å².